The summed E-state index contributed by atoms with van der Waals surface area (Å²) in [7, 11) is 0. The Hall–Kier alpha value is -3.24. The van der Waals surface area contributed by atoms with Gasteiger partial charge in [0.25, 0.3) is 5.91 Å². The number of hydrogen-bond acceptors (Lipinski definition) is 6. The van der Waals surface area contributed by atoms with Gasteiger partial charge in [-0.3, -0.25) is 14.2 Å². The first-order valence-electron chi connectivity index (χ1n) is 8.82. The number of halogens is 1. The number of benzene rings is 2. The van der Waals surface area contributed by atoms with Gasteiger partial charge < -0.3 is 10.6 Å². The van der Waals surface area contributed by atoms with Gasteiger partial charge in [0.1, 0.15) is 11.5 Å². The molecule has 0 radical (unpaired) electrons. The minimum atomic E-state index is -0.355. The zero-order valence-electron chi connectivity index (χ0n) is 16.0. The molecule has 10 heteroatoms. The topological polar surface area (TPSA) is 88.9 Å². The molecule has 0 bridgehead atoms. The molecule has 4 aromatic rings. The smallest absolute Gasteiger partial charge is 0.274 e. The Kier molecular flexibility index (Phi) is 5.51. The molecule has 2 heterocycles. The van der Waals surface area contributed by atoms with Crippen LogP contribution in [0, 0.1) is 5.82 Å². The van der Waals surface area contributed by atoms with Crippen molar-refractivity contribution in [2.45, 2.75) is 12.1 Å². The van der Waals surface area contributed by atoms with Crippen LogP contribution in [0.2, 0.25) is 0 Å². The van der Waals surface area contributed by atoms with Gasteiger partial charge in [0.2, 0.25) is 5.91 Å². The van der Waals surface area contributed by atoms with E-state index < -0.39 is 0 Å². The summed E-state index contributed by atoms with van der Waals surface area (Å²) in [6, 6.07) is 11.2. The molecule has 0 aliphatic rings. The number of thiazole rings is 1. The number of rotatable bonds is 5. The molecule has 7 nitrogen and oxygen atoms in total. The number of nitrogens with zero attached hydrogens (tertiary/aromatic N) is 3. The average molecular weight is 442 g/mol. The summed E-state index contributed by atoms with van der Waals surface area (Å²) in [5, 5.41) is 6.64. The average Bonchev–Trinajstić information content (AvgIpc) is 3.31. The van der Waals surface area contributed by atoms with Crippen molar-refractivity contribution in [2.75, 3.05) is 16.9 Å². The van der Waals surface area contributed by atoms with Gasteiger partial charge >= 0.3 is 0 Å². The maximum atomic E-state index is 13.3. The predicted molar refractivity (Wildman–Crippen MR) is 117 cm³/mol. The minimum absolute atomic E-state index is 0.193. The Morgan fingerprint density at radius 3 is 2.60 bits per heavy atom. The normalized spacial score (nSPS) is 10.9. The Morgan fingerprint density at radius 2 is 1.90 bits per heavy atom. The number of thioether (sulfide) groups is 1. The van der Waals surface area contributed by atoms with Crippen molar-refractivity contribution in [1.29, 1.82) is 0 Å². The number of fused-ring (bicyclic) bond motifs is 1. The SMILES string of the molecule is CSc1ncc(C(=O)Nc2ccc3nc(NC(C)=O)sc3c2)n1-c1ccc(F)cc1. The standard InChI is InChI=1S/C20H16FN5O2S2/c1-11(27)23-19-25-15-8-5-13(9-17(15)30-19)24-18(28)16-10-22-20(29-2)26(16)14-6-3-12(21)4-7-14/h3-10H,1-2H3,(H,24,28)(H,23,25,27). The monoisotopic (exact) mass is 441 g/mol. The first kappa shape index (κ1) is 20.0. The summed E-state index contributed by atoms with van der Waals surface area (Å²) < 4.78 is 15.8. The van der Waals surface area contributed by atoms with Crippen LogP contribution in [0.15, 0.2) is 53.8 Å². The number of imidazole rings is 1. The lowest BCUT2D eigenvalue weighted by atomic mass is 10.2. The number of carbonyl (C=O) groups is 2. The van der Waals surface area contributed by atoms with Crippen molar-refractivity contribution in [3.8, 4) is 5.69 Å². The molecule has 0 unspecified atom stereocenters. The molecule has 0 saturated heterocycles. The van der Waals surface area contributed by atoms with Crippen LogP contribution in [-0.2, 0) is 4.79 Å². The van der Waals surface area contributed by atoms with Gasteiger partial charge in [-0.15, -0.1) is 0 Å². The first-order valence-corrected chi connectivity index (χ1v) is 10.9. The van der Waals surface area contributed by atoms with E-state index in [1.165, 1.54) is 48.4 Å². The fraction of sp³-hybridized carbons (Fsp3) is 0.100. The summed E-state index contributed by atoms with van der Waals surface area (Å²) in [5.74, 6) is -0.897. The molecule has 0 aliphatic carbocycles. The Bertz CT molecular complexity index is 1250. The van der Waals surface area contributed by atoms with E-state index in [2.05, 4.69) is 20.6 Å². The highest BCUT2D eigenvalue weighted by molar-refractivity contribution is 7.98. The van der Waals surface area contributed by atoms with E-state index in [4.69, 9.17) is 0 Å². The Balaban J connectivity index is 1.63. The summed E-state index contributed by atoms with van der Waals surface area (Å²) in [6.45, 7) is 1.42. The number of aromatic nitrogens is 3. The number of carbonyl (C=O) groups excluding carboxylic acids is 2. The van der Waals surface area contributed by atoms with Crippen LogP contribution in [0.25, 0.3) is 15.9 Å². The molecule has 0 aliphatic heterocycles. The highest BCUT2D eigenvalue weighted by Gasteiger charge is 2.18. The van der Waals surface area contributed by atoms with Crippen LogP contribution in [0.5, 0.6) is 0 Å². The van der Waals surface area contributed by atoms with Crippen LogP contribution in [0.1, 0.15) is 17.4 Å². The third-order valence-electron chi connectivity index (χ3n) is 4.16. The van der Waals surface area contributed by atoms with Gasteiger partial charge in [-0.25, -0.2) is 14.4 Å². The Morgan fingerprint density at radius 1 is 1.13 bits per heavy atom. The second-order valence-electron chi connectivity index (χ2n) is 6.28. The van der Waals surface area contributed by atoms with Gasteiger partial charge in [-0.1, -0.05) is 23.1 Å². The van der Waals surface area contributed by atoms with Crippen molar-refractivity contribution in [1.82, 2.24) is 14.5 Å². The van der Waals surface area contributed by atoms with E-state index in [0.29, 0.717) is 27.4 Å². The van der Waals surface area contributed by atoms with E-state index in [1.54, 1.807) is 34.9 Å². The quantitative estimate of drug-likeness (QED) is 0.444. The van der Waals surface area contributed by atoms with Crippen LogP contribution in [0.3, 0.4) is 0 Å². The van der Waals surface area contributed by atoms with Gasteiger partial charge in [-0.05, 0) is 48.7 Å². The molecule has 152 valence electrons. The molecular weight excluding hydrogens is 425 g/mol. The van der Waals surface area contributed by atoms with Gasteiger partial charge in [0.15, 0.2) is 10.3 Å². The molecule has 30 heavy (non-hydrogen) atoms. The summed E-state index contributed by atoms with van der Waals surface area (Å²) >= 11 is 2.71. The molecule has 0 spiro atoms. The van der Waals surface area contributed by atoms with Gasteiger partial charge in [0, 0.05) is 18.3 Å². The highest BCUT2D eigenvalue weighted by Crippen LogP contribution is 2.29. The second-order valence-corrected chi connectivity index (χ2v) is 8.08. The zero-order valence-corrected chi connectivity index (χ0v) is 17.6. The third-order valence-corrected chi connectivity index (χ3v) is 5.75. The van der Waals surface area contributed by atoms with Gasteiger partial charge in [0.05, 0.1) is 16.4 Å². The zero-order chi connectivity index (χ0) is 21.3. The van der Waals surface area contributed by atoms with E-state index in [-0.39, 0.29) is 17.6 Å². The summed E-state index contributed by atoms with van der Waals surface area (Å²) in [6.07, 6.45) is 3.35. The molecule has 2 N–H and O–H groups in total. The number of hydrogen-bond donors (Lipinski definition) is 2. The van der Waals surface area contributed by atoms with Crippen LogP contribution >= 0.6 is 23.1 Å². The maximum Gasteiger partial charge on any atom is 0.274 e. The van der Waals surface area contributed by atoms with E-state index in [1.807, 2.05) is 6.26 Å². The second kappa shape index (κ2) is 8.25. The maximum absolute atomic E-state index is 13.3. The van der Waals surface area contributed by atoms with E-state index >= 15 is 0 Å². The third kappa shape index (κ3) is 4.05. The fourth-order valence-electron chi connectivity index (χ4n) is 2.88. The molecule has 2 aromatic carbocycles. The largest absolute Gasteiger partial charge is 0.321 e. The molecular formula is C20H16FN5O2S2. The summed E-state index contributed by atoms with van der Waals surface area (Å²) in [4.78, 5) is 32.8. The lowest BCUT2D eigenvalue weighted by molar-refractivity contribution is -0.114. The molecule has 2 amide bonds. The van der Waals surface area contributed by atoms with Crippen LogP contribution in [0.4, 0.5) is 15.2 Å². The van der Waals surface area contributed by atoms with Crippen molar-refractivity contribution in [2.24, 2.45) is 0 Å². The molecule has 2 aromatic heterocycles. The summed E-state index contributed by atoms with van der Waals surface area (Å²) in [5.41, 5.74) is 2.28. The highest BCUT2D eigenvalue weighted by atomic mass is 32.2. The van der Waals surface area contributed by atoms with Gasteiger partial charge in [-0.2, -0.15) is 0 Å². The van der Waals surface area contributed by atoms with E-state index in [0.717, 1.165) is 10.2 Å². The number of anilines is 2. The number of amides is 2. The molecule has 4 rings (SSSR count). The predicted octanol–water partition coefficient (Wildman–Crippen LogP) is 4.55. The minimum Gasteiger partial charge on any atom is -0.321 e. The molecule has 0 saturated carbocycles. The van der Waals surface area contributed by atoms with Crippen molar-refractivity contribution in [3.63, 3.8) is 0 Å². The van der Waals surface area contributed by atoms with Crippen LogP contribution < -0.4 is 10.6 Å². The lowest BCUT2D eigenvalue weighted by Crippen LogP contribution is -2.16. The Labute approximate surface area is 179 Å². The fourth-order valence-corrected chi connectivity index (χ4v) is 4.38. The van der Waals surface area contributed by atoms with Crippen molar-refractivity contribution < 1.29 is 14.0 Å². The van der Waals surface area contributed by atoms with Crippen molar-refractivity contribution in [3.05, 3.63) is 60.2 Å². The van der Waals surface area contributed by atoms with Crippen molar-refractivity contribution >= 4 is 55.9 Å². The lowest BCUT2D eigenvalue weighted by Gasteiger charge is -2.11. The van der Waals surface area contributed by atoms with E-state index in [9.17, 15) is 14.0 Å². The van der Waals surface area contributed by atoms with Crippen LogP contribution in [-0.4, -0.2) is 32.6 Å². The number of nitrogens with one attached hydrogen (secondary N) is 2. The first-order chi connectivity index (χ1) is 14.4. The molecule has 0 fully saturated rings. The molecule has 0 atom stereocenters.